The van der Waals surface area contributed by atoms with Crippen LogP contribution in [0.2, 0.25) is 5.02 Å². The maximum absolute atomic E-state index is 12.6. The highest BCUT2D eigenvalue weighted by Gasteiger charge is 2.28. The highest BCUT2D eigenvalue weighted by atomic mass is 35.5. The molecule has 0 saturated heterocycles. The summed E-state index contributed by atoms with van der Waals surface area (Å²) in [7, 11) is -1.22. The lowest BCUT2D eigenvalue weighted by atomic mass is 10.3. The summed E-state index contributed by atoms with van der Waals surface area (Å²) in [5.41, 5.74) is 0.446. The summed E-state index contributed by atoms with van der Waals surface area (Å²) in [6.45, 7) is 0. The number of carbonyl (C=O) groups excluding carboxylic acids is 1. The number of rotatable bonds is 4. The molecule has 2 aromatic rings. The predicted molar refractivity (Wildman–Crippen MR) is 82.7 cm³/mol. The average Bonchev–Trinajstić information content (AvgIpc) is 2.96. The average molecular weight is 346 g/mol. The second-order valence-corrected chi connectivity index (χ2v) is 7.34. The molecule has 0 atom stereocenters. The molecule has 0 unspecified atom stereocenters. The molecular formula is C13H12ClNO4S2. The Morgan fingerprint density at radius 2 is 1.86 bits per heavy atom. The van der Waals surface area contributed by atoms with Gasteiger partial charge < -0.3 is 4.74 Å². The molecule has 112 valence electrons. The molecule has 0 spiro atoms. The molecule has 0 aliphatic heterocycles. The van der Waals surface area contributed by atoms with Crippen LogP contribution in [0.3, 0.4) is 0 Å². The number of esters is 1. The highest BCUT2D eigenvalue weighted by Crippen LogP contribution is 2.28. The van der Waals surface area contributed by atoms with Crippen molar-refractivity contribution in [2.75, 3.05) is 18.5 Å². The van der Waals surface area contributed by atoms with Crippen LogP contribution in [0, 0.1) is 0 Å². The molecule has 1 aromatic heterocycles. The molecule has 0 saturated carbocycles. The zero-order valence-electron chi connectivity index (χ0n) is 11.2. The molecule has 0 amide bonds. The van der Waals surface area contributed by atoms with E-state index in [0.717, 1.165) is 15.6 Å². The van der Waals surface area contributed by atoms with Gasteiger partial charge in [-0.05, 0) is 35.7 Å². The number of methoxy groups -OCH3 is 1. The van der Waals surface area contributed by atoms with E-state index in [1.165, 1.54) is 25.6 Å². The first-order valence-corrected chi connectivity index (χ1v) is 8.48. The maximum atomic E-state index is 12.6. The van der Waals surface area contributed by atoms with E-state index in [1.807, 2.05) is 0 Å². The summed E-state index contributed by atoms with van der Waals surface area (Å²) in [6.07, 6.45) is 0. The van der Waals surface area contributed by atoms with Crippen molar-refractivity contribution in [3.05, 3.63) is 45.6 Å². The fourth-order valence-corrected chi connectivity index (χ4v) is 4.31. The monoisotopic (exact) mass is 345 g/mol. The minimum atomic E-state index is -3.85. The lowest BCUT2D eigenvalue weighted by Gasteiger charge is -2.19. The fourth-order valence-electron chi connectivity index (χ4n) is 1.68. The number of anilines is 1. The summed E-state index contributed by atoms with van der Waals surface area (Å²) >= 11 is 6.81. The van der Waals surface area contributed by atoms with Crippen molar-refractivity contribution in [3.8, 4) is 0 Å². The standard InChI is InChI=1S/C13H12ClNO4S2/c1-15(10-5-3-9(14)4-6-10)21(17,18)11-7-8-20-12(11)13(16)19-2/h3-8H,1-2H3. The minimum Gasteiger partial charge on any atom is -0.465 e. The highest BCUT2D eigenvalue weighted by molar-refractivity contribution is 7.93. The summed E-state index contributed by atoms with van der Waals surface area (Å²) in [5, 5.41) is 2.05. The smallest absolute Gasteiger partial charge is 0.349 e. The number of carbonyl (C=O) groups is 1. The number of benzene rings is 1. The van der Waals surface area contributed by atoms with E-state index in [1.54, 1.807) is 24.3 Å². The molecule has 8 heteroatoms. The summed E-state index contributed by atoms with van der Waals surface area (Å²) in [4.78, 5) is 11.6. The second-order valence-electron chi connectivity index (χ2n) is 4.05. The Bertz CT molecular complexity index is 753. The van der Waals surface area contributed by atoms with Gasteiger partial charge in [-0.25, -0.2) is 13.2 Å². The third kappa shape index (κ3) is 3.04. The Kier molecular flexibility index (Phi) is 4.55. The maximum Gasteiger partial charge on any atom is 0.349 e. The summed E-state index contributed by atoms with van der Waals surface area (Å²) in [5.74, 6) is -0.673. The van der Waals surface area contributed by atoms with E-state index in [0.29, 0.717) is 10.7 Å². The van der Waals surface area contributed by atoms with Gasteiger partial charge in [0.25, 0.3) is 10.0 Å². The van der Waals surface area contributed by atoms with Crippen molar-refractivity contribution < 1.29 is 17.9 Å². The van der Waals surface area contributed by atoms with Gasteiger partial charge in [0.15, 0.2) is 0 Å². The molecule has 0 fully saturated rings. The summed E-state index contributed by atoms with van der Waals surface area (Å²) in [6, 6.07) is 7.75. The largest absolute Gasteiger partial charge is 0.465 e. The van der Waals surface area contributed by atoms with Crippen LogP contribution >= 0.6 is 22.9 Å². The zero-order valence-corrected chi connectivity index (χ0v) is 13.6. The zero-order chi connectivity index (χ0) is 15.6. The second kappa shape index (κ2) is 6.05. The number of ether oxygens (including phenoxy) is 1. The molecule has 1 aromatic carbocycles. The van der Waals surface area contributed by atoms with Crippen LogP contribution in [0.5, 0.6) is 0 Å². The minimum absolute atomic E-state index is 0.0540. The van der Waals surface area contributed by atoms with E-state index >= 15 is 0 Å². The van der Waals surface area contributed by atoms with Crippen LogP contribution in [0.1, 0.15) is 9.67 Å². The Hall–Kier alpha value is -1.57. The van der Waals surface area contributed by atoms with Crippen LogP contribution < -0.4 is 4.31 Å². The Morgan fingerprint density at radius 1 is 1.24 bits per heavy atom. The molecule has 5 nitrogen and oxygen atoms in total. The first kappa shape index (κ1) is 15.8. The lowest BCUT2D eigenvalue weighted by Crippen LogP contribution is -2.27. The SMILES string of the molecule is COC(=O)c1sccc1S(=O)(=O)N(C)c1ccc(Cl)cc1. The van der Waals surface area contributed by atoms with Crippen LogP contribution in [0.4, 0.5) is 5.69 Å². The fraction of sp³-hybridized carbons (Fsp3) is 0.154. The first-order valence-electron chi connectivity index (χ1n) is 5.78. The van der Waals surface area contributed by atoms with Gasteiger partial charge in [0.1, 0.15) is 9.77 Å². The molecule has 0 bridgehead atoms. The first-order chi connectivity index (χ1) is 9.87. The quantitative estimate of drug-likeness (QED) is 0.799. The van der Waals surface area contributed by atoms with Crippen molar-refractivity contribution in [3.63, 3.8) is 0 Å². The van der Waals surface area contributed by atoms with Crippen molar-refractivity contribution in [1.29, 1.82) is 0 Å². The number of thiophene rings is 1. The van der Waals surface area contributed by atoms with Crippen LogP contribution in [-0.4, -0.2) is 28.5 Å². The molecule has 0 N–H and O–H groups in total. The number of halogens is 1. The molecule has 0 aliphatic rings. The van der Waals surface area contributed by atoms with Gasteiger partial charge in [0.2, 0.25) is 0 Å². The number of sulfonamides is 1. The van der Waals surface area contributed by atoms with Crippen LogP contribution in [0.15, 0.2) is 40.6 Å². The molecule has 2 rings (SSSR count). The van der Waals surface area contributed by atoms with Gasteiger partial charge >= 0.3 is 5.97 Å². The van der Waals surface area contributed by atoms with E-state index < -0.39 is 16.0 Å². The van der Waals surface area contributed by atoms with E-state index in [-0.39, 0.29) is 9.77 Å². The third-order valence-corrected chi connectivity index (χ3v) is 5.93. The van der Waals surface area contributed by atoms with E-state index in [9.17, 15) is 13.2 Å². The Balaban J connectivity index is 2.45. The molecule has 1 heterocycles. The molecule has 21 heavy (non-hydrogen) atoms. The molecular weight excluding hydrogens is 334 g/mol. The van der Waals surface area contributed by atoms with E-state index in [4.69, 9.17) is 11.6 Å². The van der Waals surface area contributed by atoms with Crippen LogP contribution in [-0.2, 0) is 14.8 Å². The van der Waals surface area contributed by atoms with Gasteiger partial charge in [-0.15, -0.1) is 11.3 Å². The van der Waals surface area contributed by atoms with Crippen molar-refractivity contribution >= 4 is 44.6 Å². The number of nitrogens with zero attached hydrogens (tertiary/aromatic N) is 1. The lowest BCUT2D eigenvalue weighted by molar-refractivity contribution is 0.0602. The molecule has 0 radical (unpaired) electrons. The van der Waals surface area contributed by atoms with Gasteiger partial charge in [-0.1, -0.05) is 11.6 Å². The molecule has 0 aliphatic carbocycles. The number of hydrogen-bond donors (Lipinski definition) is 0. The Morgan fingerprint density at radius 3 is 2.43 bits per heavy atom. The number of hydrogen-bond acceptors (Lipinski definition) is 5. The predicted octanol–water partition coefficient (Wildman–Crippen LogP) is 3.01. The van der Waals surface area contributed by atoms with E-state index in [2.05, 4.69) is 4.74 Å². The van der Waals surface area contributed by atoms with Crippen LogP contribution in [0.25, 0.3) is 0 Å². The Labute approximate surface area is 131 Å². The normalized spacial score (nSPS) is 11.2. The van der Waals surface area contributed by atoms with Crippen molar-refractivity contribution in [2.24, 2.45) is 0 Å². The van der Waals surface area contributed by atoms with Gasteiger partial charge in [-0.3, -0.25) is 4.31 Å². The summed E-state index contributed by atoms with van der Waals surface area (Å²) < 4.78 is 30.9. The van der Waals surface area contributed by atoms with Gasteiger partial charge in [0, 0.05) is 12.1 Å². The van der Waals surface area contributed by atoms with Crippen molar-refractivity contribution in [2.45, 2.75) is 4.90 Å². The van der Waals surface area contributed by atoms with Gasteiger partial charge in [-0.2, -0.15) is 0 Å². The topological polar surface area (TPSA) is 63.7 Å². The third-order valence-electron chi connectivity index (χ3n) is 2.83. The van der Waals surface area contributed by atoms with Gasteiger partial charge in [0.05, 0.1) is 12.8 Å². The van der Waals surface area contributed by atoms with Crippen molar-refractivity contribution in [1.82, 2.24) is 0 Å².